The molecule has 90 valence electrons. The molecule has 0 saturated carbocycles. The minimum absolute atomic E-state index is 0.0745. The molecule has 1 atom stereocenters. The summed E-state index contributed by atoms with van der Waals surface area (Å²) in [6.45, 7) is 3.82. The van der Waals surface area contributed by atoms with Crippen LogP contribution in [0.15, 0.2) is 24.3 Å². The van der Waals surface area contributed by atoms with E-state index in [1.165, 1.54) is 19.3 Å². The summed E-state index contributed by atoms with van der Waals surface area (Å²) >= 11 is 0. The zero-order chi connectivity index (χ0) is 11.8. The van der Waals surface area contributed by atoms with E-state index in [1.54, 1.807) is 17.1 Å². The van der Waals surface area contributed by atoms with Crippen molar-refractivity contribution < 1.29 is 4.79 Å². The molecule has 0 bridgehead atoms. The van der Waals surface area contributed by atoms with Crippen molar-refractivity contribution in [1.82, 2.24) is 10.2 Å². The highest BCUT2D eigenvalue weighted by atomic mass is 16.2. The van der Waals surface area contributed by atoms with Crippen molar-refractivity contribution in [2.75, 3.05) is 20.1 Å². The number of amides is 1. The number of nitrogens with one attached hydrogen (secondary N) is 1. The number of hydrogen-bond donors (Lipinski definition) is 1. The maximum absolute atomic E-state index is 11.7. The van der Waals surface area contributed by atoms with Crippen molar-refractivity contribution in [2.24, 2.45) is 0 Å². The van der Waals surface area contributed by atoms with Crippen LogP contribution in [0.25, 0.3) is 0 Å². The summed E-state index contributed by atoms with van der Waals surface area (Å²) in [5.41, 5.74) is 0. The van der Waals surface area contributed by atoms with Crippen LogP contribution in [0, 0.1) is 0 Å². The number of piperidine rings is 1. The number of hydrogen-bond acceptors (Lipinski definition) is 2. The van der Waals surface area contributed by atoms with Gasteiger partial charge in [0.15, 0.2) is 0 Å². The summed E-state index contributed by atoms with van der Waals surface area (Å²) in [5.74, 6) is 0.0745. The number of rotatable bonds is 4. The van der Waals surface area contributed by atoms with Crippen molar-refractivity contribution in [1.29, 1.82) is 0 Å². The van der Waals surface area contributed by atoms with Crippen LogP contribution in [0.3, 0.4) is 0 Å². The van der Waals surface area contributed by atoms with Crippen LogP contribution in [0.1, 0.15) is 26.2 Å². The fraction of sp³-hybridized carbons (Fsp3) is 0.615. The van der Waals surface area contributed by atoms with E-state index in [1.807, 2.05) is 26.1 Å². The van der Waals surface area contributed by atoms with Crippen LogP contribution in [0.5, 0.6) is 0 Å². The van der Waals surface area contributed by atoms with Crippen LogP contribution < -0.4 is 5.32 Å². The Bertz CT molecular complexity index is 265. The van der Waals surface area contributed by atoms with E-state index < -0.39 is 0 Å². The molecule has 1 heterocycles. The highest BCUT2D eigenvalue weighted by molar-refractivity contribution is 5.87. The van der Waals surface area contributed by atoms with Gasteiger partial charge in [0.05, 0.1) is 0 Å². The Morgan fingerprint density at radius 2 is 2.25 bits per heavy atom. The van der Waals surface area contributed by atoms with Gasteiger partial charge in [-0.1, -0.05) is 24.6 Å². The van der Waals surface area contributed by atoms with Crippen molar-refractivity contribution >= 4 is 5.91 Å². The Labute approximate surface area is 98.2 Å². The summed E-state index contributed by atoms with van der Waals surface area (Å²) in [6.07, 6.45) is 10.9. The molecule has 1 unspecified atom stereocenters. The molecule has 1 fully saturated rings. The second-order valence-electron chi connectivity index (χ2n) is 4.25. The summed E-state index contributed by atoms with van der Waals surface area (Å²) in [5, 5.41) is 3.44. The van der Waals surface area contributed by atoms with E-state index in [2.05, 4.69) is 5.32 Å². The largest absolute Gasteiger partial charge is 0.341 e. The first kappa shape index (κ1) is 13.0. The molecule has 0 aromatic heterocycles. The zero-order valence-electron chi connectivity index (χ0n) is 10.3. The van der Waals surface area contributed by atoms with Gasteiger partial charge < -0.3 is 10.2 Å². The van der Waals surface area contributed by atoms with Crippen LogP contribution in [-0.4, -0.2) is 37.0 Å². The summed E-state index contributed by atoms with van der Waals surface area (Å²) in [6, 6.07) is 0.470. The monoisotopic (exact) mass is 222 g/mol. The Hall–Kier alpha value is -1.09. The number of carbonyl (C=O) groups is 1. The van der Waals surface area contributed by atoms with Gasteiger partial charge in [-0.2, -0.15) is 0 Å². The van der Waals surface area contributed by atoms with Crippen molar-refractivity contribution in [3.05, 3.63) is 24.3 Å². The summed E-state index contributed by atoms with van der Waals surface area (Å²) in [7, 11) is 1.86. The van der Waals surface area contributed by atoms with Gasteiger partial charge in [0, 0.05) is 25.7 Å². The summed E-state index contributed by atoms with van der Waals surface area (Å²) < 4.78 is 0. The first-order valence-corrected chi connectivity index (χ1v) is 6.02. The predicted molar refractivity (Wildman–Crippen MR) is 67.2 cm³/mol. The Morgan fingerprint density at radius 3 is 2.88 bits per heavy atom. The quantitative estimate of drug-likeness (QED) is 0.580. The highest BCUT2D eigenvalue weighted by Gasteiger charge is 2.15. The molecule has 3 heteroatoms. The third-order valence-corrected chi connectivity index (χ3v) is 2.83. The lowest BCUT2D eigenvalue weighted by molar-refractivity contribution is -0.125. The molecule has 1 rings (SSSR count). The van der Waals surface area contributed by atoms with Crippen LogP contribution in [0.4, 0.5) is 0 Å². The van der Waals surface area contributed by atoms with Gasteiger partial charge in [0.2, 0.25) is 5.91 Å². The normalized spacial score (nSPS) is 21.8. The van der Waals surface area contributed by atoms with Gasteiger partial charge >= 0.3 is 0 Å². The average molecular weight is 222 g/mol. The SMILES string of the molecule is CC=CC=CC(=O)N(C)CC1CCCCN1. The molecule has 0 spiro atoms. The average Bonchev–Trinajstić information content (AvgIpc) is 2.30. The van der Waals surface area contributed by atoms with Gasteiger partial charge in [0.1, 0.15) is 0 Å². The van der Waals surface area contributed by atoms with Crippen LogP contribution in [-0.2, 0) is 4.79 Å². The number of nitrogens with zero attached hydrogens (tertiary/aromatic N) is 1. The number of likely N-dealkylation sites (N-methyl/N-ethyl adjacent to an activating group) is 1. The fourth-order valence-electron chi connectivity index (χ4n) is 1.88. The van der Waals surface area contributed by atoms with Gasteiger partial charge in [-0.3, -0.25) is 4.79 Å². The van der Waals surface area contributed by atoms with E-state index >= 15 is 0 Å². The first-order chi connectivity index (χ1) is 7.74. The van der Waals surface area contributed by atoms with Crippen molar-refractivity contribution in [3.63, 3.8) is 0 Å². The predicted octanol–water partition coefficient (Wildman–Crippen LogP) is 1.72. The van der Waals surface area contributed by atoms with E-state index in [9.17, 15) is 4.79 Å². The second-order valence-corrected chi connectivity index (χ2v) is 4.25. The Kier molecular flexibility index (Phi) is 5.86. The van der Waals surface area contributed by atoms with Crippen LogP contribution >= 0.6 is 0 Å². The molecule has 0 radical (unpaired) electrons. The lowest BCUT2D eigenvalue weighted by atomic mass is 10.0. The van der Waals surface area contributed by atoms with Gasteiger partial charge in [-0.05, 0) is 26.3 Å². The minimum atomic E-state index is 0.0745. The van der Waals surface area contributed by atoms with Gasteiger partial charge in [-0.15, -0.1) is 0 Å². The van der Waals surface area contributed by atoms with E-state index in [0.29, 0.717) is 6.04 Å². The molecule has 1 amide bonds. The maximum Gasteiger partial charge on any atom is 0.246 e. The molecule has 0 aromatic rings. The molecule has 16 heavy (non-hydrogen) atoms. The highest BCUT2D eigenvalue weighted by Crippen LogP contribution is 2.07. The molecular formula is C13H22N2O. The van der Waals surface area contributed by atoms with Crippen LogP contribution in [0.2, 0.25) is 0 Å². The Balaban J connectivity index is 2.32. The molecule has 3 nitrogen and oxygen atoms in total. The molecule has 1 aliphatic heterocycles. The number of allylic oxidation sites excluding steroid dienone is 3. The van der Waals surface area contributed by atoms with Crippen molar-refractivity contribution in [2.45, 2.75) is 32.2 Å². The fourth-order valence-corrected chi connectivity index (χ4v) is 1.88. The lowest BCUT2D eigenvalue weighted by Gasteiger charge is -2.27. The van der Waals surface area contributed by atoms with E-state index in [4.69, 9.17) is 0 Å². The zero-order valence-corrected chi connectivity index (χ0v) is 10.3. The van der Waals surface area contributed by atoms with Gasteiger partial charge in [-0.25, -0.2) is 0 Å². The lowest BCUT2D eigenvalue weighted by Crippen LogP contribution is -2.43. The number of carbonyl (C=O) groups excluding carboxylic acids is 1. The first-order valence-electron chi connectivity index (χ1n) is 6.02. The molecule has 1 saturated heterocycles. The Morgan fingerprint density at radius 1 is 1.44 bits per heavy atom. The molecular weight excluding hydrogens is 200 g/mol. The minimum Gasteiger partial charge on any atom is -0.341 e. The second kappa shape index (κ2) is 7.23. The third-order valence-electron chi connectivity index (χ3n) is 2.83. The molecule has 1 aliphatic rings. The topological polar surface area (TPSA) is 32.3 Å². The smallest absolute Gasteiger partial charge is 0.246 e. The maximum atomic E-state index is 11.7. The molecule has 0 aromatic carbocycles. The third kappa shape index (κ3) is 4.62. The van der Waals surface area contributed by atoms with Gasteiger partial charge in [0.25, 0.3) is 0 Å². The molecule has 0 aliphatic carbocycles. The standard InChI is InChI=1S/C13H22N2O/c1-3-4-5-9-13(16)15(2)11-12-8-6-7-10-14-12/h3-5,9,12,14H,6-8,10-11H2,1-2H3. The van der Waals surface area contributed by atoms with E-state index in [0.717, 1.165) is 13.1 Å². The van der Waals surface area contributed by atoms with E-state index in [-0.39, 0.29) is 5.91 Å². The molecule has 1 N–H and O–H groups in total. The van der Waals surface area contributed by atoms with Crippen molar-refractivity contribution in [3.8, 4) is 0 Å². The summed E-state index contributed by atoms with van der Waals surface area (Å²) in [4.78, 5) is 13.4.